The molecule has 0 unspecified atom stereocenters. The van der Waals surface area contributed by atoms with Gasteiger partial charge in [-0.1, -0.05) is 6.07 Å². The van der Waals surface area contributed by atoms with Gasteiger partial charge in [-0.25, -0.2) is 4.79 Å². The van der Waals surface area contributed by atoms with Gasteiger partial charge < -0.3 is 20.9 Å². The third-order valence-corrected chi connectivity index (χ3v) is 1.91. The number of nitrogens with two attached hydrogens (primary N) is 1. The van der Waals surface area contributed by atoms with Crippen molar-refractivity contribution in [3.8, 4) is 5.75 Å². The number of carbonyl (C=O) groups excluding carboxylic acids is 1. The largest absolute Gasteiger partial charge is 0.483 e. The van der Waals surface area contributed by atoms with Gasteiger partial charge >= 0.3 is 5.97 Å². The highest BCUT2D eigenvalue weighted by atomic mass is 16.5. The quantitative estimate of drug-likeness (QED) is 0.629. The highest BCUT2D eigenvalue weighted by Crippen LogP contribution is 2.24. The first-order valence-electron chi connectivity index (χ1n) is 4.51. The fourth-order valence-corrected chi connectivity index (χ4v) is 1.11. The second kappa shape index (κ2) is 5.01. The van der Waals surface area contributed by atoms with E-state index in [2.05, 4.69) is 5.32 Å². The second-order valence-corrected chi connectivity index (χ2v) is 2.99. The number of hydrogen-bond acceptors (Lipinski definition) is 4. The normalized spacial score (nSPS) is 9.56. The molecule has 0 atom stereocenters. The molecule has 1 aromatic rings. The standard InChI is InChI=1S/C10H12N2O4/c1-12-8(13)5-16-7-4-2-3-6(11)9(7)10(14)15/h2-4H,5,11H2,1H3,(H,12,13)(H,14,15). The number of carboxylic acids is 1. The van der Waals surface area contributed by atoms with Crippen LogP contribution in [0, 0.1) is 0 Å². The number of nitrogen functional groups attached to an aromatic ring is 1. The zero-order valence-corrected chi connectivity index (χ0v) is 8.69. The van der Waals surface area contributed by atoms with Gasteiger partial charge in [0.2, 0.25) is 0 Å². The lowest BCUT2D eigenvalue weighted by molar-refractivity contribution is -0.122. The molecule has 0 aliphatic heterocycles. The van der Waals surface area contributed by atoms with Crippen molar-refractivity contribution in [2.45, 2.75) is 0 Å². The number of likely N-dealkylation sites (N-methyl/N-ethyl adjacent to an activating group) is 1. The average Bonchev–Trinajstić information content (AvgIpc) is 2.25. The number of rotatable bonds is 4. The molecular formula is C10H12N2O4. The number of amides is 1. The topological polar surface area (TPSA) is 102 Å². The molecule has 16 heavy (non-hydrogen) atoms. The second-order valence-electron chi connectivity index (χ2n) is 2.99. The Morgan fingerprint density at radius 2 is 2.19 bits per heavy atom. The summed E-state index contributed by atoms with van der Waals surface area (Å²) in [5.74, 6) is -1.46. The van der Waals surface area contributed by atoms with Crippen LogP contribution in [0.25, 0.3) is 0 Å². The summed E-state index contributed by atoms with van der Waals surface area (Å²) in [4.78, 5) is 21.8. The van der Waals surface area contributed by atoms with Gasteiger partial charge in [0.1, 0.15) is 11.3 Å². The minimum absolute atomic E-state index is 0.0797. The van der Waals surface area contributed by atoms with Crippen LogP contribution >= 0.6 is 0 Å². The van der Waals surface area contributed by atoms with Crippen LogP contribution in [-0.2, 0) is 4.79 Å². The smallest absolute Gasteiger partial charge is 0.341 e. The van der Waals surface area contributed by atoms with E-state index in [1.54, 1.807) is 6.07 Å². The van der Waals surface area contributed by atoms with Crippen molar-refractivity contribution < 1.29 is 19.4 Å². The van der Waals surface area contributed by atoms with Gasteiger partial charge in [-0.3, -0.25) is 4.79 Å². The zero-order valence-electron chi connectivity index (χ0n) is 8.69. The zero-order chi connectivity index (χ0) is 12.1. The van der Waals surface area contributed by atoms with Crippen LogP contribution in [0.2, 0.25) is 0 Å². The van der Waals surface area contributed by atoms with Crippen molar-refractivity contribution in [1.29, 1.82) is 0 Å². The fraction of sp³-hybridized carbons (Fsp3) is 0.200. The number of ether oxygens (including phenoxy) is 1. The van der Waals surface area contributed by atoms with E-state index in [1.165, 1.54) is 19.2 Å². The Hall–Kier alpha value is -2.24. The Bertz CT molecular complexity index is 417. The van der Waals surface area contributed by atoms with E-state index < -0.39 is 5.97 Å². The molecule has 86 valence electrons. The molecule has 0 radical (unpaired) electrons. The first-order chi connectivity index (χ1) is 7.56. The minimum atomic E-state index is -1.19. The summed E-state index contributed by atoms with van der Waals surface area (Å²) < 4.78 is 5.06. The molecule has 0 spiro atoms. The molecule has 1 aromatic carbocycles. The van der Waals surface area contributed by atoms with Gasteiger partial charge in [-0.2, -0.15) is 0 Å². The third-order valence-electron chi connectivity index (χ3n) is 1.91. The van der Waals surface area contributed by atoms with Gasteiger partial charge in [-0.15, -0.1) is 0 Å². The van der Waals surface area contributed by atoms with Crippen molar-refractivity contribution >= 4 is 17.6 Å². The lowest BCUT2D eigenvalue weighted by Crippen LogP contribution is -2.25. The van der Waals surface area contributed by atoms with Crippen molar-refractivity contribution in [1.82, 2.24) is 5.32 Å². The minimum Gasteiger partial charge on any atom is -0.483 e. The monoisotopic (exact) mass is 224 g/mol. The molecule has 1 amide bonds. The van der Waals surface area contributed by atoms with Crippen molar-refractivity contribution in [3.05, 3.63) is 23.8 Å². The summed E-state index contributed by atoms with van der Waals surface area (Å²) in [6, 6.07) is 4.46. The molecule has 0 heterocycles. The van der Waals surface area contributed by atoms with Crippen LogP contribution in [0.4, 0.5) is 5.69 Å². The van der Waals surface area contributed by atoms with Gasteiger partial charge in [0.15, 0.2) is 6.61 Å². The van der Waals surface area contributed by atoms with E-state index in [4.69, 9.17) is 15.6 Å². The van der Waals surface area contributed by atoms with E-state index in [1.807, 2.05) is 0 Å². The number of benzene rings is 1. The first-order valence-corrected chi connectivity index (χ1v) is 4.51. The van der Waals surface area contributed by atoms with E-state index in [0.29, 0.717) is 0 Å². The molecule has 0 fully saturated rings. The third kappa shape index (κ3) is 2.63. The highest BCUT2D eigenvalue weighted by molar-refractivity contribution is 5.96. The molecule has 0 bridgehead atoms. The van der Waals surface area contributed by atoms with Crippen LogP contribution in [0.3, 0.4) is 0 Å². The van der Waals surface area contributed by atoms with Crippen molar-refractivity contribution in [2.75, 3.05) is 19.4 Å². The Balaban J connectivity index is 2.91. The van der Waals surface area contributed by atoms with Crippen LogP contribution in [0.15, 0.2) is 18.2 Å². The Morgan fingerprint density at radius 1 is 1.50 bits per heavy atom. The van der Waals surface area contributed by atoms with Crippen LogP contribution in [0.1, 0.15) is 10.4 Å². The summed E-state index contributed by atoms with van der Waals surface area (Å²) in [6.45, 7) is -0.250. The number of nitrogens with one attached hydrogen (secondary N) is 1. The molecule has 0 aliphatic carbocycles. The molecule has 0 saturated heterocycles. The summed E-state index contributed by atoms with van der Waals surface area (Å²) in [5.41, 5.74) is 5.47. The maximum atomic E-state index is 10.9. The van der Waals surface area contributed by atoms with E-state index >= 15 is 0 Å². The molecule has 0 aliphatic rings. The predicted molar refractivity (Wildman–Crippen MR) is 57.4 cm³/mol. The summed E-state index contributed by atoms with van der Waals surface area (Å²) >= 11 is 0. The van der Waals surface area contributed by atoms with Crippen molar-refractivity contribution in [3.63, 3.8) is 0 Å². The molecule has 0 saturated carbocycles. The van der Waals surface area contributed by atoms with Gasteiger partial charge in [0.05, 0.1) is 0 Å². The number of carboxylic acid groups (broad SMARTS) is 1. The number of hydrogen-bond donors (Lipinski definition) is 3. The maximum absolute atomic E-state index is 10.9. The Morgan fingerprint density at radius 3 is 2.75 bits per heavy atom. The van der Waals surface area contributed by atoms with E-state index in [9.17, 15) is 9.59 Å². The summed E-state index contributed by atoms with van der Waals surface area (Å²) in [5, 5.41) is 11.3. The summed E-state index contributed by atoms with van der Waals surface area (Å²) in [6.07, 6.45) is 0. The highest BCUT2D eigenvalue weighted by Gasteiger charge is 2.15. The van der Waals surface area contributed by atoms with Crippen LogP contribution in [0.5, 0.6) is 5.75 Å². The van der Waals surface area contributed by atoms with Gasteiger partial charge in [0.25, 0.3) is 5.91 Å². The Labute approximate surface area is 92.0 Å². The summed E-state index contributed by atoms with van der Waals surface area (Å²) in [7, 11) is 1.46. The predicted octanol–water partition coefficient (Wildman–Crippen LogP) is 0.0918. The number of carbonyl (C=O) groups is 2. The number of aromatic carboxylic acids is 1. The first kappa shape index (κ1) is 11.8. The fourth-order valence-electron chi connectivity index (χ4n) is 1.11. The Kier molecular flexibility index (Phi) is 3.71. The lowest BCUT2D eigenvalue weighted by Gasteiger charge is -2.09. The maximum Gasteiger partial charge on any atom is 0.341 e. The van der Waals surface area contributed by atoms with Gasteiger partial charge in [0, 0.05) is 12.7 Å². The molecule has 0 aromatic heterocycles. The average molecular weight is 224 g/mol. The SMILES string of the molecule is CNC(=O)COc1cccc(N)c1C(=O)O. The van der Waals surface area contributed by atoms with Crippen LogP contribution in [-0.4, -0.2) is 30.6 Å². The van der Waals surface area contributed by atoms with Crippen molar-refractivity contribution in [2.24, 2.45) is 0 Å². The molecule has 1 rings (SSSR count). The molecule has 6 heteroatoms. The molecular weight excluding hydrogens is 212 g/mol. The van der Waals surface area contributed by atoms with Crippen LogP contribution < -0.4 is 15.8 Å². The molecule has 6 nitrogen and oxygen atoms in total. The van der Waals surface area contributed by atoms with E-state index in [0.717, 1.165) is 0 Å². The van der Waals surface area contributed by atoms with E-state index in [-0.39, 0.29) is 29.5 Å². The molecule has 4 N–H and O–H groups in total. The lowest BCUT2D eigenvalue weighted by atomic mass is 10.1. The number of anilines is 1. The van der Waals surface area contributed by atoms with Gasteiger partial charge in [-0.05, 0) is 12.1 Å².